The Morgan fingerprint density at radius 1 is 0.956 bits per heavy atom. The maximum absolute atomic E-state index is 13.0. The average molecular weight is 605 g/mol. The number of hydrogen-bond donors (Lipinski definition) is 2. The third-order valence-electron chi connectivity index (χ3n) is 9.14. The van der Waals surface area contributed by atoms with Gasteiger partial charge in [-0.05, 0) is 85.8 Å². The van der Waals surface area contributed by atoms with Crippen molar-refractivity contribution in [2.45, 2.75) is 70.5 Å². The van der Waals surface area contributed by atoms with Crippen molar-refractivity contribution in [2.24, 2.45) is 0 Å². The third kappa shape index (κ3) is 6.00. The first-order valence-electron chi connectivity index (χ1n) is 15.7. The van der Waals surface area contributed by atoms with Crippen LogP contribution in [0.3, 0.4) is 0 Å². The number of amides is 3. The van der Waals surface area contributed by atoms with Gasteiger partial charge in [-0.15, -0.1) is 0 Å². The molecule has 3 amide bonds. The van der Waals surface area contributed by atoms with E-state index < -0.39 is 11.9 Å². The predicted octanol–water partition coefficient (Wildman–Crippen LogP) is 4.43. The number of carbonyl (C=O) groups is 3. The number of hydrogen-bond acceptors (Lipinski definition) is 9. The Balaban J connectivity index is 0.948. The third-order valence-corrected chi connectivity index (χ3v) is 9.14. The summed E-state index contributed by atoms with van der Waals surface area (Å²) in [6, 6.07) is 13.7. The van der Waals surface area contributed by atoms with Crippen LogP contribution in [-0.4, -0.2) is 66.6 Å². The zero-order valence-corrected chi connectivity index (χ0v) is 25.5. The SMILES string of the molecule is CC(C)c1cnc(Nc2ccc3cc(CN4CCC(c5ccc6c(n5)CN(C5CCC(=O)NC5=O)C6=O)CC4)ccc3n2)nc1. The Kier molecular flexibility index (Phi) is 7.70. The first-order chi connectivity index (χ1) is 21.8. The summed E-state index contributed by atoms with van der Waals surface area (Å²) >= 11 is 0. The fraction of sp³-hybridized carbons (Fsp3) is 0.382. The Morgan fingerprint density at radius 3 is 2.51 bits per heavy atom. The lowest BCUT2D eigenvalue weighted by Gasteiger charge is -2.32. The molecule has 3 aromatic heterocycles. The molecule has 2 fully saturated rings. The Labute approximate surface area is 261 Å². The van der Waals surface area contributed by atoms with E-state index in [0.717, 1.165) is 60.3 Å². The molecule has 0 spiro atoms. The standard InChI is InChI=1S/C34H36N8O3/c1-20(2)24-16-35-34(36-17-24)39-30-9-4-23-15-21(3-6-27(23)38-30)18-41-13-11-22(12-14-41)26-7-5-25-28(37-26)19-42(33(25)45)29-8-10-31(43)40-32(29)44/h3-7,9,15-17,20,22,29H,8,10-14,18-19H2,1-2H3,(H,40,43,44)(H,35,36,38,39). The molecule has 11 nitrogen and oxygen atoms in total. The van der Waals surface area contributed by atoms with E-state index >= 15 is 0 Å². The Hall–Kier alpha value is -4.77. The highest BCUT2D eigenvalue weighted by atomic mass is 16.2. The van der Waals surface area contributed by atoms with Crippen LogP contribution < -0.4 is 10.6 Å². The molecule has 4 aromatic rings. The first-order valence-corrected chi connectivity index (χ1v) is 15.7. The lowest BCUT2D eigenvalue weighted by Crippen LogP contribution is -2.52. The van der Waals surface area contributed by atoms with Crippen LogP contribution >= 0.6 is 0 Å². The monoisotopic (exact) mass is 604 g/mol. The highest BCUT2D eigenvalue weighted by Crippen LogP contribution is 2.32. The molecule has 7 rings (SSSR count). The van der Waals surface area contributed by atoms with Crippen molar-refractivity contribution in [3.05, 3.63) is 82.9 Å². The largest absolute Gasteiger partial charge is 0.321 e. The van der Waals surface area contributed by atoms with E-state index in [9.17, 15) is 14.4 Å². The molecule has 1 aromatic carbocycles. The van der Waals surface area contributed by atoms with Crippen LogP contribution in [0.25, 0.3) is 10.9 Å². The van der Waals surface area contributed by atoms with Gasteiger partial charge in [-0.3, -0.25) is 29.6 Å². The van der Waals surface area contributed by atoms with Crippen LogP contribution in [0.1, 0.15) is 84.2 Å². The number of nitrogens with one attached hydrogen (secondary N) is 2. The number of fused-ring (bicyclic) bond motifs is 2. The topological polar surface area (TPSA) is 133 Å². The summed E-state index contributed by atoms with van der Waals surface area (Å²) < 4.78 is 0. The number of piperidine rings is 2. The number of carbonyl (C=O) groups excluding carboxylic acids is 3. The van der Waals surface area contributed by atoms with Crippen LogP contribution in [0, 0.1) is 0 Å². The Morgan fingerprint density at radius 2 is 1.76 bits per heavy atom. The zero-order chi connectivity index (χ0) is 31.1. The minimum atomic E-state index is -0.622. The summed E-state index contributed by atoms with van der Waals surface area (Å²) in [6.07, 6.45) is 6.26. The van der Waals surface area contributed by atoms with Crippen LogP contribution in [0.2, 0.25) is 0 Å². The van der Waals surface area contributed by atoms with Gasteiger partial charge >= 0.3 is 0 Å². The van der Waals surface area contributed by atoms with Gasteiger partial charge in [0.1, 0.15) is 11.9 Å². The summed E-state index contributed by atoms with van der Waals surface area (Å²) in [6.45, 7) is 7.32. The van der Waals surface area contributed by atoms with Crippen molar-refractivity contribution in [3.8, 4) is 0 Å². The highest BCUT2D eigenvalue weighted by molar-refractivity contribution is 6.05. The normalized spacial score (nSPS) is 19.3. The summed E-state index contributed by atoms with van der Waals surface area (Å²) in [5.74, 6) is 1.08. The van der Waals surface area contributed by atoms with Gasteiger partial charge in [-0.2, -0.15) is 0 Å². The molecule has 2 saturated heterocycles. The maximum Gasteiger partial charge on any atom is 0.256 e. The zero-order valence-electron chi connectivity index (χ0n) is 25.5. The summed E-state index contributed by atoms with van der Waals surface area (Å²) in [7, 11) is 0. The fourth-order valence-corrected chi connectivity index (χ4v) is 6.48. The first kappa shape index (κ1) is 29.0. The van der Waals surface area contributed by atoms with Crippen molar-refractivity contribution < 1.29 is 14.4 Å². The van der Waals surface area contributed by atoms with Crippen molar-refractivity contribution in [3.63, 3.8) is 0 Å². The molecule has 45 heavy (non-hydrogen) atoms. The maximum atomic E-state index is 13.0. The van der Waals surface area contributed by atoms with Crippen LogP contribution in [0.15, 0.2) is 54.9 Å². The van der Waals surface area contributed by atoms with E-state index in [2.05, 4.69) is 63.6 Å². The van der Waals surface area contributed by atoms with Gasteiger partial charge in [0.25, 0.3) is 5.91 Å². The molecule has 6 heterocycles. The van der Waals surface area contributed by atoms with E-state index in [1.807, 2.05) is 30.6 Å². The van der Waals surface area contributed by atoms with Gasteiger partial charge < -0.3 is 10.2 Å². The van der Waals surface area contributed by atoms with Gasteiger partial charge in [-0.1, -0.05) is 19.9 Å². The number of pyridine rings is 2. The molecule has 0 saturated carbocycles. The number of aromatic nitrogens is 4. The number of nitrogens with zero attached hydrogens (tertiary/aromatic N) is 6. The minimum absolute atomic E-state index is 0.183. The van der Waals surface area contributed by atoms with E-state index in [4.69, 9.17) is 9.97 Å². The minimum Gasteiger partial charge on any atom is -0.321 e. The van der Waals surface area contributed by atoms with E-state index in [1.165, 1.54) is 5.56 Å². The second-order valence-corrected chi connectivity index (χ2v) is 12.5. The molecule has 3 aliphatic heterocycles. The summed E-state index contributed by atoms with van der Waals surface area (Å²) in [5, 5.41) is 6.65. The molecule has 230 valence electrons. The number of benzene rings is 1. The number of rotatable bonds is 7. The quantitative estimate of drug-likeness (QED) is 0.294. The van der Waals surface area contributed by atoms with Crippen molar-refractivity contribution >= 4 is 40.4 Å². The molecule has 1 atom stereocenters. The van der Waals surface area contributed by atoms with E-state index in [-0.39, 0.29) is 18.2 Å². The molecule has 0 radical (unpaired) electrons. The number of imide groups is 1. The van der Waals surface area contributed by atoms with Crippen molar-refractivity contribution in [1.82, 2.24) is 35.1 Å². The van der Waals surface area contributed by atoms with Crippen LogP contribution in [0.4, 0.5) is 11.8 Å². The van der Waals surface area contributed by atoms with Gasteiger partial charge in [0, 0.05) is 42.4 Å². The highest BCUT2D eigenvalue weighted by Gasteiger charge is 2.40. The summed E-state index contributed by atoms with van der Waals surface area (Å²) in [5.41, 5.74) is 5.56. The smallest absolute Gasteiger partial charge is 0.256 e. The van der Waals surface area contributed by atoms with Crippen molar-refractivity contribution in [1.29, 1.82) is 0 Å². The van der Waals surface area contributed by atoms with Crippen LogP contribution in [-0.2, 0) is 22.7 Å². The molecule has 3 aliphatic rings. The average Bonchev–Trinajstić information content (AvgIpc) is 3.36. The number of anilines is 2. The molecule has 0 bridgehead atoms. The predicted molar refractivity (Wildman–Crippen MR) is 169 cm³/mol. The summed E-state index contributed by atoms with van der Waals surface area (Å²) in [4.78, 5) is 59.5. The fourth-order valence-electron chi connectivity index (χ4n) is 6.48. The lowest BCUT2D eigenvalue weighted by atomic mass is 9.92. The molecule has 11 heteroatoms. The molecule has 2 N–H and O–H groups in total. The second kappa shape index (κ2) is 12.0. The second-order valence-electron chi connectivity index (χ2n) is 12.5. The Bertz CT molecular complexity index is 1780. The van der Waals surface area contributed by atoms with Gasteiger partial charge in [0.05, 0.1) is 23.3 Å². The molecular formula is C34H36N8O3. The molecule has 1 unspecified atom stereocenters. The number of likely N-dealkylation sites (tertiary alicyclic amines) is 1. The van der Waals surface area contributed by atoms with Gasteiger partial charge in [0.15, 0.2) is 0 Å². The van der Waals surface area contributed by atoms with Crippen LogP contribution in [0.5, 0.6) is 0 Å². The van der Waals surface area contributed by atoms with E-state index in [1.54, 1.807) is 4.90 Å². The lowest BCUT2D eigenvalue weighted by molar-refractivity contribution is -0.136. The van der Waals surface area contributed by atoms with Gasteiger partial charge in [0.2, 0.25) is 17.8 Å². The van der Waals surface area contributed by atoms with E-state index in [0.29, 0.717) is 42.1 Å². The molecule has 0 aliphatic carbocycles. The van der Waals surface area contributed by atoms with Gasteiger partial charge in [-0.25, -0.2) is 15.0 Å². The van der Waals surface area contributed by atoms with Crippen molar-refractivity contribution in [2.75, 3.05) is 18.4 Å². The molecular weight excluding hydrogens is 568 g/mol.